The fourth-order valence-corrected chi connectivity index (χ4v) is 3.99. The van der Waals surface area contributed by atoms with Crippen molar-refractivity contribution in [2.45, 2.75) is 69.4 Å². The average Bonchev–Trinajstić information content (AvgIpc) is 3.12. The van der Waals surface area contributed by atoms with Crippen LogP contribution in [0.4, 0.5) is 0 Å². The second-order valence-electron chi connectivity index (χ2n) is 6.00. The monoisotopic (exact) mass is 301 g/mol. The van der Waals surface area contributed by atoms with E-state index in [1.165, 1.54) is 12.8 Å². The van der Waals surface area contributed by atoms with E-state index in [1.807, 2.05) is 25.6 Å². The van der Waals surface area contributed by atoms with Gasteiger partial charge >= 0.3 is 5.97 Å². The molecule has 0 aromatic carbocycles. The van der Waals surface area contributed by atoms with Crippen molar-refractivity contribution < 1.29 is 14.3 Å². The SMILES string of the molecule is CCOC(=O)C(C)(CCSC1CCOC1C)NC1CC1. The lowest BCUT2D eigenvalue weighted by Gasteiger charge is -2.29. The molecule has 1 aliphatic heterocycles. The Morgan fingerprint density at radius 3 is 2.75 bits per heavy atom. The molecule has 0 aromatic heterocycles. The van der Waals surface area contributed by atoms with E-state index >= 15 is 0 Å². The predicted molar refractivity (Wildman–Crippen MR) is 82.1 cm³/mol. The van der Waals surface area contributed by atoms with Crippen LogP contribution in [0.1, 0.15) is 46.5 Å². The first-order valence-electron chi connectivity index (χ1n) is 7.73. The molecule has 0 bridgehead atoms. The summed E-state index contributed by atoms with van der Waals surface area (Å²) in [5.74, 6) is 0.858. The third-order valence-electron chi connectivity index (χ3n) is 4.07. The van der Waals surface area contributed by atoms with Crippen molar-refractivity contribution in [2.24, 2.45) is 0 Å². The Balaban J connectivity index is 1.81. The van der Waals surface area contributed by atoms with E-state index in [4.69, 9.17) is 9.47 Å². The highest BCUT2D eigenvalue weighted by atomic mass is 32.2. The zero-order valence-electron chi connectivity index (χ0n) is 12.8. The summed E-state index contributed by atoms with van der Waals surface area (Å²) in [4.78, 5) is 12.2. The van der Waals surface area contributed by atoms with Crippen LogP contribution in [0.2, 0.25) is 0 Å². The highest BCUT2D eigenvalue weighted by Gasteiger charge is 2.39. The van der Waals surface area contributed by atoms with Gasteiger partial charge in [-0.25, -0.2) is 0 Å². The van der Waals surface area contributed by atoms with E-state index < -0.39 is 5.54 Å². The Hall–Kier alpha value is -0.260. The molecule has 1 aliphatic carbocycles. The summed E-state index contributed by atoms with van der Waals surface area (Å²) in [5.41, 5.74) is -0.535. The Morgan fingerprint density at radius 2 is 2.20 bits per heavy atom. The van der Waals surface area contributed by atoms with E-state index in [-0.39, 0.29) is 5.97 Å². The summed E-state index contributed by atoms with van der Waals surface area (Å²) < 4.78 is 10.8. The van der Waals surface area contributed by atoms with Crippen LogP contribution >= 0.6 is 11.8 Å². The number of esters is 1. The van der Waals surface area contributed by atoms with Crippen molar-refractivity contribution in [3.05, 3.63) is 0 Å². The van der Waals surface area contributed by atoms with Gasteiger partial charge in [0.2, 0.25) is 0 Å². The highest BCUT2D eigenvalue weighted by molar-refractivity contribution is 7.99. The number of carbonyl (C=O) groups is 1. The van der Waals surface area contributed by atoms with E-state index in [1.54, 1.807) is 0 Å². The molecule has 0 spiro atoms. The molecule has 20 heavy (non-hydrogen) atoms. The van der Waals surface area contributed by atoms with Crippen LogP contribution in [-0.2, 0) is 14.3 Å². The fraction of sp³-hybridized carbons (Fsp3) is 0.933. The molecule has 0 aromatic rings. The molecule has 2 rings (SSSR count). The molecule has 2 fully saturated rings. The first-order chi connectivity index (χ1) is 9.55. The molecule has 0 radical (unpaired) electrons. The second kappa shape index (κ2) is 7.14. The van der Waals surface area contributed by atoms with E-state index in [0.29, 0.717) is 24.0 Å². The number of rotatable bonds is 8. The maximum atomic E-state index is 12.2. The van der Waals surface area contributed by atoms with Gasteiger partial charge in [-0.2, -0.15) is 11.8 Å². The minimum absolute atomic E-state index is 0.108. The van der Waals surface area contributed by atoms with Crippen molar-refractivity contribution in [2.75, 3.05) is 19.0 Å². The molecule has 3 unspecified atom stereocenters. The summed E-state index contributed by atoms with van der Waals surface area (Å²) in [5, 5.41) is 4.04. The third-order valence-corrected chi connectivity index (χ3v) is 5.55. The number of ether oxygens (including phenoxy) is 2. The molecular weight excluding hydrogens is 274 g/mol. The number of carbonyl (C=O) groups excluding carboxylic acids is 1. The first-order valence-corrected chi connectivity index (χ1v) is 8.78. The molecule has 3 atom stereocenters. The van der Waals surface area contributed by atoms with Crippen LogP contribution in [0, 0.1) is 0 Å². The minimum atomic E-state index is -0.535. The molecule has 1 N–H and O–H groups in total. The molecule has 2 aliphatic rings. The number of hydrogen-bond donors (Lipinski definition) is 1. The molecule has 116 valence electrons. The van der Waals surface area contributed by atoms with Crippen molar-refractivity contribution in [3.63, 3.8) is 0 Å². The van der Waals surface area contributed by atoms with Crippen LogP contribution in [0.25, 0.3) is 0 Å². The maximum absolute atomic E-state index is 12.2. The lowest BCUT2D eigenvalue weighted by atomic mass is 9.99. The normalized spacial score (nSPS) is 29.1. The smallest absolute Gasteiger partial charge is 0.326 e. The Morgan fingerprint density at radius 1 is 1.45 bits per heavy atom. The lowest BCUT2D eigenvalue weighted by Crippen LogP contribution is -2.52. The van der Waals surface area contributed by atoms with E-state index in [2.05, 4.69) is 12.2 Å². The van der Waals surface area contributed by atoms with Crippen molar-refractivity contribution >= 4 is 17.7 Å². The van der Waals surface area contributed by atoms with Crippen LogP contribution < -0.4 is 5.32 Å². The minimum Gasteiger partial charge on any atom is -0.465 e. The van der Waals surface area contributed by atoms with Crippen molar-refractivity contribution in [1.29, 1.82) is 0 Å². The summed E-state index contributed by atoms with van der Waals surface area (Å²) >= 11 is 1.93. The van der Waals surface area contributed by atoms with Crippen LogP contribution in [0.15, 0.2) is 0 Å². The number of thioether (sulfide) groups is 1. The molecule has 5 heteroatoms. The van der Waals surface area contributed by atoms with Crippen molar-refractivity contribution in [1.82, 2.24) is 5.32 Å². The van der Waals surface area contributed by atoms with Gasteiger partial charge < -0.3 is 9.47 Å². The summed E-state index contributed by atoms with van der Waals surface area (Å²) in [6.45, 7) is 7.30. The second-order valence-corrected chi connectivity index (χ2v) is 7.34. The molecule has 0 amide bonds. The van der Waals surface area contributed by atoms with Crippen LogP contribution in [-0.4, -0.2) is 47.9 Å². The molecule has 4 nitrogen and oxygen atoms in total. The molecule has 1 saturated carbocycles. The van der Waals surface area contributed by atoms with Crippen LogP contribution in [0.3, 0.4) is 0 Å². The van der Waals surface area contributed by atoms with Gasteiger partial charge in [-0.15, -0.1) is 0 Å². The highest BCUT2D eigenvalue weighted by Crippen LogP contribution is 2.30. The van der Waals surface area contributed by atoms with E-state index in [0.717, 1.165) is 25.2 Å². The lowest BCUT2D eigenvalue weighted by molar-refractivity contribution is -0.150. The van der Waals surface area contributed by atoms with E-state index in [9.17, 15) is 4.79 Å². The van der Waals surface area contributed by atoms with Gasteiger partial charge in [0, 0.05) is 17.9 Å². The quantitative estimate of drug-likeness (QED) is 0.697. The van der Waals surface area contributed by atoms with Gasteiger partial charge in [0.05, 0.1) is 12.7 Å². The van der Waals surface area contributed by atoms with Gasteiger partial charge in [0.1, 0.15) is 5.54 Å². The average molecular weight is 301 g/mol. The molecule has 1 heterocycles. The van der Waals surface area contributed by atoms with Crippen LogP contribution in [0.5, 0.6) is 0 Å². The Labute approximate surface area is 126 Å². The zero-order chi connectivity index (χ0) is 14.6. The summed E-state index contributed by atoms with van der Waals surface area (Å²) in [7, 11) is 0. The van der Waals surface area contributed by atoms with Gasteiger partial charge in [-0.05, 0) is 52.2 Å². The fourth-order valence-electron chi connectivity index (χ4n) is 2.55. The predicted octanol–water partition coefficient (Wildman–Crippen LogP) is 2.36. The summed E-state index contributed by atoms with van der Waals surface area (Å²) in [6, 6.07) is 0.503. The first kappa shape index (κ1) is 16.1. The topological polar surface area (TPSA) is 47.6 Å². The van der Waals surface area contributed by atoms with Gasteiger partial charge in [0.15, 0.2) is 0 Å². The van der Waals surface area contributed by atoms with Gasteiger partial charge in [0.25, 0.3) is 0 Å². The van der Waals surface area contributed by atoms with Crippen molar-refractivity contribution in [3.8, 4) is 0 Å². The standard InChI is InChI=1S/C15H27NO3S/c1-4-18-14(17)15(3,16-12-5-6-12)8-10-20-13-7-9-19-11(13)2/h11-13,16H,4-10H2,1-3H3. The maximum Gasteiger partial charge on any atom is 0.326 e. The Bertz CT molecular complexity index is 335. The van der Waals surface area contributed by atoms with Gasteiger partial charge in [-0.3, -0.25) is 10.1 Å². The number of nitrogens with one attached hydrogen (secondary N) is 1. The zero-order valence-corrected chi connectivity index (χ0v) is 13.6. The van der Waals surface area contributed by atoms with Gasteiger partial charge in [-0.1, -0.05) is 0 Å². The third kappa shape index (κ3) is 4.37. The largest absolute Gasteiger partial charge is 0.465 e. The summed E-state index contributed by atoms with van der Waals surface area (Å²) in [6.07, 6.45) is 4.63. The molecule has 1 saturated heterocycles. The Kier molecular flexibility index (Phi) is 5.75. The molecular formula is C15H27NO3S. The number of hydrogen-bond acceptors (Lipinski definition) is 5.